The van der Waals surface area contributed by atoms with Crippen LogP contribution in [0, 0.1) is 16.0 Å². The van der Waals surface area contributed by atoms with Gasteiger partial charge in [0, 0.05) is 82.9 Å². The smallest absolute Gasteiger partial charge is 0.311 e. The number of nitrogens with zero attached hydrogens (tertiary/aromatic N) is 4. The predicted molar refractivity (Wildman–Crippen MR) is 155 cm³/mol. The molecular formula is C30H42N4O6. The van der Waals surface area contributed by atoms with Gasteiger partial charge in [0.15, 0.2) is 0 Å². The number of nitro benzene ring substituents is 1. The number of amides is 1. The zero-order valence-corrected chi connectivity index (χ0v) is 23.9. The number of piperazine rings is 1. The Balaban J connectivity index is 1.15. The van der Waals surface area contributed by atoms with E-state index in [0.717, 1.165) is 57.9 Å². The Morgan fingerprint density at radius 2 is 1.65 bits per heavy atom. The highest BCUT2D eigenvalue weighted by molar-refractivity contribution is 5.76. The zero-order chi connectivity index (χ0) is 28.5. The van der Waals surface area contributed by atoms with E-state index in [1.54, 1.807) is 19.1 Å². The maximum Gasteiger partial charge on any atom is 0.311 e. The molecule has 2 fully saturated rings. The lowest BCUT2D eigenvalue weighted by Gasteiger charge is -2.37. The molecule has 2 aliphatic heterocycles. The molecule has 0 N–H and O–H groups in total. The lowest BCUT2D eigenvalue weighted by Crippen LogP contribution is -2.48. The Bertz CT molecular complexity index is 1110. The molecule has 0 bridgehead atoms. The van der Waals surface area contributed by atoms with Crippen LogP contribution in [0.5, 0.6) is 17.2 Å². The second kappa shape index (κ2) is 14.2. The maximum atomic E-state index is 12.9. The topological polar surface area (TPSA) is 97.6 Å². The number of ether oxygens (including phenoxy) is 3. The van der Waals surface area contributed by atoms with Gasteiger partial charge in [0.25, 0.3) is 0 Å². The average molecular weight is 555 g/mol. The number of rotatable bonds is 12. The summed E-state index contributed by atoms with van der Waals surface area (Å²) in [7, 11) is 0. The monoisotopic (exact) mass is 554 g/mol. The summed E-state index contributed by atoms with van der Waals surface area (Å²) in [4.78, 5) is 30.3. The van der Waals surface area contributed by atoms with Gasteiger partial charge >= 0.3 is 5.69 Å². The first kappa shape index (κ1) is 29.5. The summed E-state index contributed by atoms with van der Waals surface area (Å²) in [6.45, 7) is 13.0. The van der Waals surface area contributed by atoms with Crippen LogP contribution in [0.1, 0.15) is 40.0 Å². The van der Waals surface area contributed by atoms with E-state index in [1.165, 1.54) is 11.8 Å². The number of benzene rings is 2. The second-order valence-electron chi connectivity index (χ2n) is 10.8. The third kappa shape index (κ3) is 8.24. The van der Waals surface area contributed by atoms with Crippen molar-refractivity contribution in [3.8, 4) is 17.2 Å². The van der Waals surface area contributed by atoms with Crippen molar-refractivity contribution in [3.63, 3.8) is 0 Å². The van der Waals surface area contributed by atoms with Crippen LogP contribution in [0.15, 0.2) is 42.5 Å². The number of piperidine rings is 1. The molecule has 1 amide bonds. The van der Waals surface area contributed by atoms with Gasteiger partial charge in [-0.25, -0.2) is 0 Å². The van der Waals surface area contributed by atoms with Crippen LogP contribution < -0.4 is 19.1 Å². The molecular weight excluding hydrogens is 512 g/mol. The Labute approximate surface area is 236 Å². The van der Waals surface area contributed by atoms with Gasteiger partial charge in [0.1, 0.15) is 17.6 Å². The molecule has 2 aromatic rings. The van der Waals surface area contributed by atoms with Gasteiger partial charge in [0.05, 0.1) is 18.1 Å². The first-order chi connectivity index (χ1) is 19.3. The summed E-state index contributed by atoms with van der Waals surface area (Å²) in [6.07, 6.45) is 1.94. The van der Waals surface area contributed by atoms with E-state index >= 15 is 0 Å². The van der Waals surface area contributed by atoms with Crippen molar-refractivity contribution in [2.75, 3.05) is 63.9 Å². The van der Waals surface area contributed by atoms with Crippen LogP contribution in [-0.4, -0.2) is 85.8 Å². The third-order valence-electron chi connectivity index (χ3n) is 7.32. The Hall–Kier alpha value is -3.53. The molecule has 2 saturated heterocycles. The molecule has 0 saturated carbocycles. The molecule has 10 heteroatoms. The van der Waals surface area contributed by atoms with E-state index in [2.05, 4.69) is 35.8 Å². The summed E-state index contributed by atoms with van der Waals surface area (Å²) in [6, 6.07) is 12.9. The largest absolute Gasteiger partial charge is 0.493 e. The summed E-state index contributed by atoms with van der Waals surface area (Å²) < 4.78 is 17.3. The highest BCUT2D eigenvalue weighted by atomic mass is 16.6. The van der Waals surface area contributed by atoms with Gasteiger partial charge in [-0.3, -0.25) is 19.8 Å². The van der Waals surface area contributed by atoms with Crippen molar-refractivity contribution in [2.24, 2.45) is 5.92 Å². The number of carbonyl (C=O) groups is 1. The van der Waals surface area contributed by atoms with Gasteiger partial charge < -0.3 is 24.0 Å². The van der Waals surface area contributed by atoms with Crippen molar-refractivity contribution in [1.82, 2.24) is 9.80 Å². The van der Waals surface area contributed by atoms with Crippen molar-refractivity contribution < 1.29 is 23.9 Å². The van der Waals surface area contributed by atoms with E-state index in [0.29, 0.717) is 37.8 Å². The molecule has 2 aliphatic rings. The minimum Gasteiger partial charge on any atom is -0.493 e. The van der Waals surface area contributed by atoms with E-state index in [9.17, 15) is 14.9 Å². The van der Waals surface area contributed by atoms with Gasteiger partial charge in [-0.2, -0.15) is 0 Å². The van der Waals surface area contributed by atoms with E-state index in [4.69, 9.17) is 14.2 Å². The molecule has 0 unspecified atom stereocenters. The minimum absolute atomic E-state index is 0.0381. The zero-order valence-electron chi connectivity index (χ0n) is 23.9. The van der Waals surface area contributed by atoms with Crippen LogP contribution in [0.4, 0.5) is 11.4 Å². The van der Waals surface area contributed by atoms with E-state index < -0.39 is 4.92 Å². The molecule has 0 atom stereocenters. The Morgan fingerprint density at radius 3 is 2.27 bits per heavy atom. The van der Waals surface area contributed by atoms with Crippen molar-refractivity contribution in [3.05, 3.63) is 52.6 Å². The molecule has 0 spiro atoms. The maximum absolute atomic E-state index is 12.9. The lowest BCUT2D eigenvalue weighted by atomic mass is 10.1. The first-order valence-corrected chi connectivity index (χ1v) is 14.4. The van der Waals surface area contributed by atoms with Gasteiger partial charge in [-0.1, -0.05) is 13.8 Å². The number of likely N-dealkylation sites (tertiary alicyclic amines) is 1. The molecule has 2 heterocycles. The standard InChI is InChI=1S/C30H42N4O6/c1-4-38-29-21-27(9-10-28(29)34(36)37)40-26-11-15-33(16-12-26)30(35)13-14-31-17-19-32(20-18-31)24-5-7-25(8-6-24)39-22-23(2)3/h5-10,21,23,26H,4,11-20,22H2,1-3H3. The number of hydrogen-bond donors (Lipinski definition) is 0. The molecule has 0 aromatic heterocycles. The Kier molecular flexibility index (Phi) is 10.5. The average Bonchev–Trinajstić information content (AvgIpc) is 2.96. The molecule has 218 valence electrons. The SMILES string of the molecule is CCOc1cc(OC2CCN(C(=O)CCN3CCN(c4ccc(OCC(C)C)cc4)CC3)CC2)ccc1[N+](=O)[O-]. The van der Waals surface area contributed by atoms with Crippen LogP contribution in [0.3, 0.4) is 0 Å². The summed E-state index contributed by atoms with van der Waals surface area (Å²) in [5, 5.41) is 11.2. The summed E-state index contributed by atoms with van der Waals surface area (Å²) >= 11 is 0. The normalized spacial score (nSPS) is 16.7. The minimum atomic E-state index is -0.457. The van der Waals surface area contributed by atoms with Crippen LogP contribution in [-0.2, 0) is 4.79 Å². The van der Waals surface area contributed by atoms with Crippen LogP contribution >= 0.6 is 0 Å². The van der Waals surface area contributed by atoms with E-state index in [1.807, 2.05) is 17.0 Å². The van der Waals surface area contributed by atoms with Crippen molar-refractivity contribution >= 4 is 17.3 Å². The van der Waals surface area contributed by atoms with E-state index in [-0.39, 0.29) is 23.4 Å². The van der Waals surface area contributed by atoms with Gasteiger partial charge in [0.2, 0.25) is 11.7 Å². The third-order valence-corrected chi connectivity index (χ3v) is 7.32. The molecule has 0 aliphatic carbocycles. The van der Waals surface area contributed by atoms with Crippen LogP contribution in [0.25, 0.3) is 0 Å². The first-order valence-electron chi connectivity index (χ1n) is 14.4. The number of nitro groups is 1. The predicted octanol–water partition coefficient (Wildman–Crippen LogP) is 4.61. The number of carbonyl (C=O) groups excluding carboxylic acids is 1. The fourth-order valence-electron chi connectivity index (χ4n) is 5.06. The van der Waals surface area contributed by atoms with Crippen molar-refractivity contribution in [2.45, 2.75) is 46.1 Å². The number of anilines is 1. The van der Waals surface area contributed by atoms with Gasteiger partial charge in [-0.15, -0.1) is 0 Å². The highest BCUT2D eigenvalue weighted by Crippen LogP contribution is 2.32. The fraction of sp³-hybridized carbons (Fsp3) is 0.567. The van der Waals surface area contributed by atoms with Crippen LogP contribution in [0.2, 0.25) is 0 Å². The lowest BCUT2D eigenvalue weighted by molar-refractivity contribution is -0.385. The Morgan fingerprint density at radius 1 is 0.975 bits per heavy atom. The molecule has 2 aromatic carbocycles. The van der Waals surface area contributed by atoms with Gasteiger partial charge in [-0.05, 0) is 43.2 Å². The molecule has 4 rings (SSSR count). The summed E-state index contributed by atoms with van der Waals surface area (Å²) in [5.41, 5.74) is 1.14. The number of hydrogen-bond acceptors (Lipinski definition) is 8. The molecule has 0 radical (unpaired) electrons. The molecule has 10 nitrogen and oxygen atoms in total. The highest BCUT2D eigenvalue weighted by Gasteiger charge is 2.26. The summed E-state index contributed by atoms with van der Waals surface area (Å²) in [5.74, 6) is 2.36. The van der Waals surface area contributed by atoms with Crippen molar-refractivity contribution in [1.29, 1.82) is 0 Å². The quantitative estimate of drug-likeness (QED) is 0.277. The molecule has 40 heavy (non-hydrogen) atoms. The second-order valence-corrected chi connectivity index (χ2v) is 10.8. The fourth-order valence-corrected chi connectivity index (χ4v) is 5.06.